The van der Waals surface area contributed by atoms with Crippen LogP contribution in [0.4, 0.5) is 0 Å². The number of nitrogens with zero attached hydrogens (tertiary/aromatic N) is 2. The van der Waals surface area contributed by atoms with Crippen molar-refractivity contribution in [1.29, 1.82) is 0 Å². The molecule has 1 fully saturated rings. The van der Waals surface area contributed by atoms with E-state index in [2.05, 4.69) is 5.32 Å². The minimum absolute atomic E-state index is 0.0414. The Morgan fingerprint density at radius 1 is 0.976 bits per heavy atom. The van der Waals surface area contributed by atoms with Crippen molar-refractivity contribution in [3.05, 3.63) is 77.0 Å². The highest BCUT2D eigenvalue weighted by atomic mass is 32.2. The minimum atomic E-state index is -1.44. The van der Waals surface area contributed by atoms with Gasteiger partial charge in [0.2, 0.25) is 5.91 Å². The smallest absolute Gasteiger partial charge is 0.352 e. The Bertz CT molecular complexity index is 1440. The highest BCUT2D eigenvalue weighted by molar-refractivity contribution is 8.01. The largest absolute Gasteiger partial charge is 0.480 e. The maximum atomic E-state index is 12.9. The molecule has 4 amide bonds. The van der Waals surface area contributed by atoms with Gasteiger partial charge in [0.25, 0.3) is 17.7 Å². The molecule has 13 heteroatoms. The van der Waals surface area contributed by atoms with Gasteiger partial charge in [-0.1, -0.05) is 30.3 Å². The van der Waals surface area contributed by atoms with E-state index in [1.165, 1.54) is 40.6 Å². The molecule has 11 nitrogen and oxygen atoms in total. The molecule has 0 radical (unpaired) electrons. The van der Waals surface area contributed by atoms with E-state index in [0.29, 0.717) is 22.0 Å². The Balaban J connectivity index is 1.16. The summed E-state index contributed by atoms with van der Waals surface area (Å²) in [5, 5.41) is 21.6. The topological polar surface area (TPSA) is 161 Å². The molecule has 0 aromatic heterocycles. The van der Waals surface area contributed by atoms with Crippen molar-refractivity contribution in [2.45, 2.75) is 41.6 Å². The van der Waals surface area contributed by atoms with E-state index in [4.69, 9.17) is 0 Å². The van der Waals surface area contributed by atoms with Gasteiger partial charge in [0.15, 0.2) is 0 Å². The van der Waals surface area contributed by atoms with E-state index in [0.717, 1.165) is 4.90 Å². The Morgan fingerprint density at radius 3 is 2.22 bits per heavy atom. The SMILES string of the molecule is O=C(CCCC(C(=O)O)N1C(=O)c2ccccc2C1=O)N[C@@H]1C(=O)N2C(C(=O)O)=C(CSc3ccccc3)CS[C@@H]12. The molecule has 2 aromatic carbocycles. The van der Waals surface area contributed by atoms with Gasteiger partial charge < -0.3 is 15.5 Å². The molecule has 3 aliphatic heterocycles. The summed E-state index contributed by atoms with van der Waals surface area (Å²) >= 11 is 2.85. The first-order chi connectivity index (χ1) is 19.7. The molecule has 5 rings (SSSR count). The van der Waals surface area contributed by atoms with Crippen molar-refractivity contribution in [1.82, 2.24) is 15.1 Å². The zero-order chi connectivity index (χ0) is 29.3. The molecule has 3 N–H and O–H groups in total. The van der Waals surface area contributed by atoms with Gasteiger partial charge in [-0.25, -0.2) is 9.59 Å². The minimum Gasteiger partial charge on any atom is -0.480 e. The summed E-state index contributed by atoms with van der Waals surface area (Å²) in [5.74, 6) is -4.19. The number of β-lactam (4-membered cyclic amide) rings is 1. The Kier molecular flexibility index (Phi) is 8.18. The van der Waals surface area contributed by atoms with Crippen LogP contribution in [0.3, 0.4) is 0 Å². The second-order valence-electron chi connectivity index (χ2n) is 9.59. The van der Waals surface area contributed by atoms with Crippen LogP contribution in [0.1, 0.15) is 40.0 Å². The number of thioether (sulfide) groups is 2. The predicted octanol–water partition coefficient (Wildman–Crippen LogP) is 2.44. The number of carboxylic acid groups (broad SMARTS) is 2. The molecular formula is C28H25N3O8S2. The van der Waals surface area contributed by atoms with Crippen LogP contribution in [0.5, 0.6) is 0 Å². The molecule has 0 aliphatic carbocycles. The van der Waals surface area contributed by atoms with Crippen molar-refractivity contribution in [2.75, 3.05) is 11.5 Å². The van der Waals surface area contributed by atoms with Crippen LogP contribution in [0.25, 0.3) is 0 Å². The van der Waals surface area contributed by atoms with Gasteiger partial charge in [-0.15, -0.1) is 23.5 Å². The molecular weight excluding hydrogens is 570 g/mol. The highest BCUT2D eigenvalue weighted by Crippen LogP contribution is 2.41. The Labute approximate surface area is 242 Å². The third-order valence-corrected chi connectivity index (χ3v) is 9.46. The molecule has 1 unspecified atom stereocenters. The molecule has 3 heterocycles. The number of benzene rings is 2. The van der Waals surface area contributed by atoms with E-state index >= 15 is 0 Å². The summed E-state index contributed by atoms with van der Waals surface area (Å²) in [5.41, 5.74) is 0.837. The average Bonchev–Trinajstić information content (AvgIpc) is 3.22. The number of hydrogen-bond donors (Lipinski definition) is 3. The number of rotatable bonds is 11. The lowest BCUT2D eigenvalue weighted by atomic mass is 10.0. The number of hydrogen-bond acceptors (Lipinski definition) is 8. The zero-order valence-corrected chi connectivity index (χ0v) is 23.2. The van der Waals surface area contributed by atoms with Crippen molar-refractivity contribution >= 4 is 59.1 Å². The van der Waals surface area contributed by atoms with Gasteiger partial charge in [-0.2, -0.15) is 0 Å². The van der Waals surface area contributed by atoms with Crippen LogP contribution in [0.15, 0.2) is 70.8 Å². The van der Waals surface area contributed by atoms with E-state index in [1.54, 1.807) is 12.1 Å². The lowest BCUT2D eigenvalue weighted by Gasteiger charge is -2.49. The lowest BCUT2D eigenvalue weighted by molar-refractivity contribution is -0.150. The van der Waals surface area contributed by atoms with Gasteiger partial charge in [-0.3, -0.25) is 29.0 Å². The fraction of sp³-hybridized carbons (Fsp3) is 0.286. The number of nitrogens with one attached hydrogen (secondary N) is 1. The number of carbonyl (C=O) groups is 6. The quantitative estimate of drug-likeness (QED) is 0.200. The van der Waals surface area contributed by atoms with Crippen LogP contribution < -0.4 is 5.32 Å². The number of imide groups is 1. The van der Waals surface area contributed by atoms with Gasteiger partial charge in [0.05, 0.1) is 11.1 Å². The molecule has 1 saturated heterocycles. The molecule has 41 heavy (non-hydrogen) atoms. The zero-order valence-electron chi connectivity index (χ0n) is 21.5. The third-order valence-electron chi connectivity index (χ3n) is 7.03. The summed E-state index contributed by atoms with van der Waals surface area (Å²) in [6.45, 7) is 0. The summed E-state index contributed by atoms with van der Waals surface area (Å²) < 4.78 is 0. The van der Waals surface area contributed by atoms with E-state index in [9.17, 15) is 39.0 Å². The first-order valence-corrected chi connectivity index (χ1v) is 14.8. The number of carbonyl (C=O) groups excluding carboxylic acids is 4. The Hall–Kier alpha value is -4.10. The second kappa shape index (κ2) is 11.8. The molecule has 0 saturated carbocycles. The molecule has 2 aromatic rings. The van der Waals surface area contributed by atoms with Crippen LogP contribution in [-0.4, -0.2) is 84.5 Å². The van der Waals surface area contributed by atoms with Crippen LogP contribution in [0.2, 0.25) is 0 Å². The summed E-state index contributed by atoms with van der Waals surface area (Å²) in [6, 6.07) is 13.2. The number of aliphatic carboxylic acids is 2. The normalized spacial score (nSPS) is 20.3. The van der Waals surface area contributed by atoms with Crippen molar-refractivity contribution in [2.24, 2.45) is 0 Å². The molecule has 3 aliphatic rings. The van der Waals surface area contributed by atoms with Crippen molar-refractivity contribution in [3.8, 4) is 0 Å². The maximum absolute atomic E-state index is 12.9. The maximum Gasteiger partial charge on any atom is 0.352 e. The average molecular weight is 596 g/mol. The van der Waals surface area contributed by atoms with Gasteiger partial charge >= 0.3 is 11.9 Å². The van der Waals surface area contributed by atoms with Crippen molar-refractivity contribution in [3.63, 3.8) is 0 Å². The number of amides is 4. The van der Waals surface area contributed by atoms with Crippen LogP contribution in [-0.2, 0) is 19.2 Å². The fourth-order valence-electron chi connectivity index (χ4n) is 5.04. The summed E-state index contributed by atoms with van der Waals surface area (Å²) in [4.78, 5) is 77.9. The van der Waals surface area contributed by atoms with E-state index in [-0.39, 0.29) is 36.1 Å². The standard InChI is InChI=1S/C28H25N3O8S2/c32-20(12-6-11-19(27(36)37)30-23(33)17-9-4-5-10-18(17)24(30)34)29-21-25(35)31-22(28(38)39)15(14-41-26(21)31)13-40-16-7-2-1-3-8-16/h1-5,7-10,19,21,26H,6,11-14H2,(H,29,32)(H,36,37)(H,38,39)/t19?,21-,26+/m1/s1. The second-order valence-corrected chi connectivity index (χ2v) is 11.7. The van der Waals surface area contributed by atoms with Crippen LogP contribution in [0, 0.1) is 0 Å². The van der Waals surface area contributed by atoms with Crippen molar-refractivity contribution < 1.29 is 39.0 Å². The monoisotopic (exact) mass is 595 g/mol. The summed E-state index contributed by atoms with van der Waals surface area (Å²) in [7, 11) is 0. The predicted molar refractivity (Wildman–Crippen MR) is 149 cm³/mol. The highest BCUT2D eigenvalue weighted by Gasteiger charge is 2.54. The van der Waals surface area contributed by atoms with Gasteiger partial charge in [0.1, 0.15) is 23.2 Å². The first-order valence-electron chi connectivity index (χ1n) is 12.8. The number of fused-ring (bicyclic) bond motifs is 2. The fourth-order valence-corrected chi connectivity index (χ4v) is 7.44. The lowest BCUT2D eigenvalue weighted by Crippen LogP contribution is -2.70. The van der Waals surface area contributed by atoms with E-state index in [1.807, 2.05) is 30.3 Å². The first kappa shape index (κ1) is 28.4. The van der Waals surface area contributed by atoms with E-state index < -0.39 is 53.0 Å². The van der Waals surface area contributed by atoms with Crippen LogP contribution >= 0.6 is 23.5 Å². The molecule has 0 bridgehead atoms. The third kappa shape index (κ3) is 5.46. The Morgan fingerprint density at radius 2 is 1.61 bits per heavy atom. The molecule has 212 valence electrons. The van der Waals surface area contributed by atoms with Gasteiger partial charge in [0, 0.05) is 22.8 Å². The molecule has 0 spiro atoms. The number of carboxylic acids is 2. The van der Waals surface area contributed by atoms with Gasteiger partial charge in [-0.05, 0) is 42.7 Å². The molecule has 3 atom stereocenters. The summed E-state index contributed by atoms with van der Waals surface area (Å²) in [6.07, 6.45) is -0.250.